The Morgan fingerprint density at radius 2 is 2.33 bits per heavy atom. The molecule has 1 aromatic rings. The first kappa shape index (κ1) is 11.7. The number of carbonyl (C=O) groups is 1. The van der Waals surface area contributed by atoms with E-state index in [1.165, 1.54) is 6.20 Å². The van der Waals surface area contributed by atoms with Gasteiger partial charge in [0, 0.05) is 6.20 Å². The van der Waals surface area contributed by atoms with Gasteiger partial charge in [0.1, 0.15) is 5.82 Å². The van der Waals surface area contributed by atoms with Crippen LogP contribution >= 0.6 is 15.9 Å². The molecule has 0 amide bonds. The number of halogens is 1. The van der Waals surface area contributed by atoms with E-state index >= 15 is 0 Å². The van der Waals surface area contributed by atoms with Crippen molar-refractivity contribution in [1.29, 1.82) is 0 Å². The van der Waals surface area contributed by atoms with Crippen molar-refractivity contribution in [2.75, 3.05) is 5.73 Å². The molecular formula is C7H8BrN3O4. The van der Waals surface area contributed by atoms with Gasteiger partial charge >= 0.3 is 11.7 Å². The van der Waals surface area contributed by atoms with Crippen LogP contribution in [0, 0.1) is 0 Å². The number of rotatable bonds is 3. The lowest BCUT2D eigenvalue weighted by atomic mass is 10.3. The number of nitrogens with two attached hydrogens (primary N) is 1. The highest BCUT2D eigenvalue weighted by molar-refractivity contribution is 9.10. The van der Waals surface area contributed by atoms with Crippen molar-refractivity contribution in [2.45, 2.75) is 12.6 Å². The van der Waals surface area contributed by atoms with E-state index in [2.05, 4.69) is 20.9 Å². The van der Waals surface area contributed by atoms with Crippen LogP contribution in [0.4, 0.5) is 5.82 Å². The minimum absolute atomic E-state index is 0.0149. The largest absolute Gasteiger partial charge is 0.479 e. The van der Waals surface area contributed by atoms with Crippen LogP contribution in [0.5, 0.6) is 0 Å². The number of aliphatic carboxylic acids is 1. The number of aromatic nitrogens is 2. The Kier molecular flexibility index (Phi) is 3.43. The maximum Gasteiger partial charge on any atom is 0.349 e. The van der Waals surface area contributed by atoms with E-state index in [0.29, 0.717) is 4.47 Å². The van der Waals surface area contributed by atoms with Gasteiger partial charge in [-0.2, -0.15) is 4.98 Å². The lowest BCUT2D eigenvalue weighted by molar-refractivity contribution is -0.147. The number of hydrogen-bond donors (Lipinski definition) is 3. The van der Waals surface area contributed by atoms with Gasteiger partial charge in [-0.05, 0) is 15.9 Å². The van der Waals surface area contributed by atoms with Gasteiger partial charge in [0.05, 0.1) is 11.0 Å². The molecule has 0 aromatic carbocycles. The average Bonchev–Trinajstić information content (AvgIpc) is 2.13. The van der Waals surface area contributed by atoms with E-state index in [-0.39, 0.29) is 12.4 Å². The maximum atomic E-state index is 11.2. The molecule has 0 radical (unpaired) electrons. The van der Waals surface area contributed by atoms with Gasteiger partial charge in [-0.25, -0.2) is 9.59 Å². The molecule has 1 heterocycles. The molecule has 1 aromatic heterocycles. The minimum Gasteiger partial charge on any atom is -0.479 e. The number of aliphatic hydroxyl groups is 1. The van der Waals surface area contributed by atoms with Crippen LogP contribution in [0.1, 0.15) is 0 Å². The number of nitrogen functional groups attached to an aromatic ring is 1. The first-order valence-electron chi connectivity index (χ1n) is 3.85. The molecule has 0 saturated heterocycles. The third kappa shape index (κ3) is 2.77. The summed E-state index contributed by atoms with van der Waals surface area (Å²) in [6.07, 6.45) is -0.378. The first-order chi connectivity index (χ1) is 6.91. The summed E-state index contributed by atoms with van der Waals surface area (Å²) in [5, 5.41) is 17.5. The zero-order valence-corrected chi connectivity index (χ0v) is 9.01. The van der Waals surface area contributed by atoms with E-state index in [4.69, 9.17) is 15.9 Å². The van der Waals surface area contributed by atoms with E-state index < -0.39 is 17.8 Å². The fraction of sp³-hybridized carbons (Fsp3) is 0.286. The number of hydrogen-bond acceptors (Lipinski definition) is 5. The zero-order valence-electron chi connectivity index (χ0n) is 7.42. The monoisotopic (exact) mass is 277 g/mol. The van der Waals surface area contributed by atoms with Crippen molar-refractivity contribution in [1.82, 2.24) is 9.55 Å². The van der Waals surface area contributed by atoms with E-state index in [0.717, 1.165) is 4.57 Å². The summed E-state index contributed by atoms with van der Waals surface area (Å²) in [4.78, 5) is 25.0. The second-order valence-corrected chi connectivity index (χ2v) is 3.62. The summed E-state index contributed by atoms with van der Waals surface area (Å²) in [6, 6.07) is 0. The average molecular weight is 278 g/mol. The van der Waals surface area contributed by atoms with Gasteiger partial charge in [0.2, 0.25) is 0 Å². The van der Waals surface area contributed by atoms with Gasteiger partial charge in [0.25, 0.3) is 0 Å². The molecule has 1 unspecified atom stereocenters. The predicted molar refractivity (Wildman–Crippen MR) is 54.3 cm³/mol. The molecule has 4 N–H and O–H groups in total. The van der Waals surface area contributed by atoms with Gasteiger partial charge in [-0.3, -0.25) is 4.57 Å². The molecule has 1 atom stereocenters. The molecule has 0 saturated carbocycles. The van der Waals surface area contributed by atoms with Crippen LogP contribution in [0.15, 0.2) is 15.5 Å². The van der Waals surface area contributed by atoms with Crippen LogP contribution in [-0.4, -0.2) is 31.8 Å². The Hall–Kier alpha value is -1.41. The van der Waals surface area contributed by atoms with Crippen LogP contribution in [0.3, 0.4) is 0 Å². The smallest absolute Gasteiger partial charge is 0.349 e. The van der Waals surface area contributed by atoms with Gasteiger partial charge in [0.15, 0.2) is 6.10 Å². The summed E-state index contributed by atoms with van der Waals surface area (Å²) < 4.78 is 1.32. The Bertz CT molecular complexity index is 444. The van der Waals surface area contributed by atoms with Crippen LogP contribution < -0.4 is 11.4 Å². The first-order valence-corrected chi connectivity index (χ1v) is 4.64. The molecule has 0 aliphatic heterocycles. The molecular weight excluding hydrogens is 270 g/mol. The molecule has 82 valence electrons. The highest BCUT2D eigenvalue weighted by Gasteiger charge is 2.15. The molecule has 0 spiro atoms. The summed E-state index contributed by atoms with van der Waals surface area (Å²) in [7, 11) is 0. The molecule has 0 fully saturated rings. The van der Waals surface area contributed by atoms with E-state index in [1.54, 1.807) is 0 Å². The number of carboxylic acid groups (broad SMARTS) is 1. The molecule has 0 bridgehead atoms. The van der Waals surface area contributed by atoms with Gasteiger partial charge < -0.3 is 15.9 Å². The molecule has 0 aliphatic carbocycles. The molecule has 7 nitrogen and oxygen atoms in total. The molecule has 8 heteroatoms. The zero-order chi connectivity index (χ0) is 11.6. The van der Waals surface area contributed by atoms with Crippen molar-refractivity contribution in [3.8, 4) is 0 Å². The Morgan fingerprint density at radius 1 is 1.73 bits per heavy atom. The number of anilines is 1. The molecule has 1 rings (SSSR count). The SMILES string of the molecule is Nc1nc(=O)n(CC(O)C(=O)O)cc1Br. The Labute approximate surface area is 92.3 Å². The quantitative estimate of drug-likeness (QED) is 0.654. The van der Waals surface area contributed by atoms with Crippen LogP contribution in [0.25, 0.3) is 0 Å². The summed E-state index contributed by atoms with van der Waals surface area (Å²) >= 11 is 3.03. The number of carboxylic acids is 1. The molecule has 15 heavy (non-hydrogen) atoms. The van der Waals surface area contributed by atoms with Crippen molar-refractivity contribution in [2.24, 2.45) is 0 Å². The fourth-order valence-corrected chi connectivity index (χ4v) is 1.21. The third-order valence-electron chi connectivity index (χ3n) is 1.63. The number of aliphatic hydroxyl groups excluding tert-OH is 1. The van der Waals surface area contributed by atoms with E-state index in [1.807, 2.05) is 0 Å². The number of nitrogens with zero attached hydrogens (tertiary/aromatic N) is 2. The minimum atomic E-state index is -1.65. The Morgan fingerprint density at radius 3 is 2.87 bits per heavy atom. The van der Waals surface area contributed by atoms with Crippen LogP contribution in [-0.2, 0) is 11.3 Å². The predicted octanol–water partition coefficient (Wildman–Crippen LogP) is -0.966. The second-order valence-electron chi connectivity index (χ2n) is 2.76. The molecule has 0 aliphatic rings. The van der Waals surface area contributed by atoms with Gasteiger partial charge in [-0.15, -0.1) is 0 Å². The van der Waals surface area contributed by atoms with Crippen molar-refractivity contribution in [3.05, 3.63) is 21.2 Å². The highest BCUT2D eigenvalue weighted by atomic mass is 79.9. The Balaban J connectivity index is 3.01. The normalized spacial score (nSPS) is 12.4. The maximum absolute atomic E-state index is 11.2. The van der Waals surface area contributed by atoms with Gasteiger partial charge in [-0.1, -0.05) is 0 Å². The lowest BCUT2D eigenvalue weighted by Gasteiger charge is -2.08. The van der Waals surface area contributed by atoms with Crippen LogP contribution in [0.2, 0.25) is 0 Å². The highest BCUT2D eigenvalue weighted by Crippen LogP contribution is 2.12. The van der Waals surface area contributed by atoms with Crippen molar-refractivity contribution < 1.29 is 15.0 Å². The van der Waals surface area contributed by atoms with Crippen molar-refractivity contribution >= 4 is 27.7 Å². The third-order valence-corrected chi connectivity index (χ3v) is 2.24. The topological polar surface area (TPSA) is 118 Å². The second kappa shape index (κ2) is 4.41. The summed E-state index contributed by atoms with van der Waals surface area (Å²) in [5.74, 6) is -1.39. The van der Waals surface area contributed by atoms with Crippen molar-refractivity contribution in [3.63, 3.8) is 0 Å². The summed E-state index contributed by atoms with van der Waals surface area (Å²) in [6.45, 7) is -0.375. The fourth-order valence-electron chi connectivity index (χ4n) is 0.874. The van der Waals surface area contributed by atoms with E-state index in [9.17, 15) is 9.59 Å². The lowest BCUT2D eigenvalue weighted by Crippen LogP contribution is -2.32. The summed E-state index contributed by atoms with van der Waals surface area (Å²) in [5.41, 5.74) is 4.62. The standard InChI is InChI=1S/C7H8BrN3O4/c8-3-1-11(2-4(12)6(13)14)7(15)10-5(3)9/h1,4,12H,2H2,(H,13,14)(H2,9,10,15).